The minimum absolute atomic E-state index is 0.0253. The Morgan fingerprint density at radius 1 is 1.00 bits per heavy atom. The first-order valence-corrected chi connectivity index (χ1v) is 13.3. The number of hydrogen-bond donors (Lipinski definition) is 1. The van der Waals surface area contributed by atoms with Crippen molar-refractivity contribution in [3.8, 4) is 5.75 Å². The summed E-state index contributed by atoms with van der Waals surface area (Å²) in [5, 5.41) is 3.83. The number of nitrogens with zero attached hydrogens (tertiary/aromatic N) is 1. The average molecular weight is 592 g/mol. The van der Waals surface area contributed by atoms with Crippen molar-refractivity contribution >= 4 is 50.9 Å². The lowest BCUT2D eigenvalue weighted by atomic mass is 10.0. The van der Waals surface area contributed by atoms with Crippen molar-refractivity contribution in [1.29, 1.82) is 0 Å². The number of carbonyl (C=O) groups is 2. The fourth-order valence-electron chi connectivity index (χ4n) is 3.64. The summed E-state index contributed by atoms with van der Waals surface area (Å²) >= 11 is 15.7. The van der Waals surface area contributed by atoms with Gasteiger partial charge in [0.1, 0.15) is 11.8 Å². The monoisotopic (exact) mass is 590 g/mol. The van der Waals surface area contributed by atoms with Crippen LogP contribution < -0.4 is 10.1 Å². The minimum Gasteiger partial charge on any atom is -0.482 e. The summed E-state index contributed by atoms with van der Waals surface area (Å²) in [6.45, 7) is 3.91. The Morgan fingerprint density at radius 3 is 2.39 bits per heavy atom. The number of benzene rings is 3. The fourth-order valence-corrected chi connectivity index (χ4v) is 4.55. The quantitative estimate of drug-likeness (QED) is 0.270. The van der Waals surface area contributed by atoms with Crippen LogP contribution in [0.5, 0.6) is 5.75 Å². The highest BCUT2D eigenvalue weighted by molar-refractivity contribution is 9.10. The zero-order chi connectivity index (χ0) is 26.1. The average Bonchev–Trinajstić information content (AvgIpc) is 2.86. The molecular weight excluding hydrogens is 563 g/mol. The van der Waals surface area contributed by atoms with Crippen molar-refractivity contribution in [2.75, 3.05) is 6.61 Å². The molecule has 0 bridgehead atoms. The van der Waals surface area contributed by atoms with E-state index in [1.807, 2.05) is 68.4 Å². The third-order valence-corrected chi connectivity index (χ3v) is 6.78. The van der Waals surface area contributed by atoms with Gasteiger partial charge in [0, 0.05) is 28.5 Å². The standard InChI is InChI=1S/C28H29BrCl2N2O3/c1-3-19(2)32-28(35)25(15-20-8-5-4-6-9-20)33(17-21-10-7-11-22(29)14-21)27(34)18-36-26-13-12-23(30)16-24(26)31/h4-14,16,19,25H,3,15,17-18H2,1-2H3,(H,32,35)/t19-,25+/m1/s1. The Kier molecular flexibility index (Phi) is 10.7. The van der Waals surface area contributed by atoms with E-state index >= 15 is 0 Å². The van der Waals surface area contributed by atoms with E-state index in [0.29, 0.717) is 22.2 Å². The summed E-state index contributed by atoms with van der Waals surface area (Å²) in [6, 6.07) is 21.4. The summed E-state index contributed by atoms with van der Waals surface area (Å²) in [6.07, 6.45) is 1.14. The van der Waals surface area contributed by atoms with Gasteiger partial charge in [0.05, 0.1) is 5.02 Å². The minimum atomic E-state index is -0.739. The maximum atomic E-state index is 13.6. The molecule has 0 fully saturated rings. The van der Waals surface area contributed by atoms with Crippen molar-refractivity contribution in [3.63, 3.8) is 0 Å². The molecule has 0 saturated heterocycles. The van der Waals surface area contributed by atoms with E-state index in [-0.39, 0.29) is 31.0 Å². The van der Waals surface area contributed by atoms with E-state index in [1.54, 1.807) is 23.1 Å². The van der Waals surface area contributed by atoms with Crippen LogP contribution >= 0.6 is 39.1 Å². The highest BCUT2D eigenvalue weighted by Gasteiger charge is 2.31. The lowest BCUT2D eigenvalue weighted by Gasteiger charge is -2.32. The highest BCUT2D eigenvalue weighted by atomic mass is 79.9. The molecule has 0 aliphatic rings. The van der Waals surface area contributed by atoms with Crippen molar-refractivity contribution < 1.29 is 14.3 Å². The van der Waals surface area contributed by atoms with Crippen LogP contribution in [0.1, 0.15) is 31.4 Å². The number of nitrogens with one attached hydrogen (secondary N) is 1. The molecule has 0 aliphatic carbocycles. The molecule has 3 rings (SSSR count). The van der Waals surface area contributed by atoms with Crippen LogP contribution in [-0.4, -0.2) is 35.4 Å². The van der Waals surface area contributed by atoms with Gasteiger partial charge in [-0.15, -0.1) is 0 Å². The molecular formula is C28H29BrCl2N2O3. The van der Waals surface area contributed by atoms with E-state index in [4.69, 9.17) is 27.9 Å². The summed E-state index contributed by atoms with van der Waals surface area (Å²) in [4.78, 5) is 28.7. The van der Waals surface area contributed by atoms with Crippen LogP contribution in [0.2, 0.25) is 10.0 Å². The van der Waals surface area contributed by atoms with Gasteiger partial charge in [-0.3, -0.25) is 9.59 Å². The maximum absolute atomic E-state index is 13.6. The van der Waals surface area contributed by atoms with Crippen molar-refractivity contribution in [2.24, 2.45) is 0 Å². The predicted molar refractivity (Wildman–Crippen MR) is 148 cm³/mol. The Hall–Kier alpha value is -2.54. The molecule has 0 unspecified atom stereocenters. The molecule has 36 heavy (non-hydrogen) atoms. The van der Waals surface area contributed by atoms with E-state index in [2.05, 4.69) is 21.2 Å². The molecule has 8 heteroatoms. The molecule has 3 aromatic carbocycles. The van der Waals surface area contributed by atoms with Crippen molar-refractivity contribution in [1.82, 2.24) is 10.2 Å². The first kappa shape index (κ1) is 28.0. The zero-order valence-electron chi connectivity index (χ0n) is 20.2. The van der Waals surface area contributed by atoms with E-state index < -0.39 is 6.04 Å². The molecule has 2 atom stereocenters. The van der Waals surface area contributed by atoms with Gasteiger partial charge in [-0.1, -0.05) is 88.5 Å². The van der Waals surface area contributed by atoms with Crippen LogP contribution in [0.3, 0.4) is 0 Å². The second-order valence-electron chi connectivity index (χ2n) is 8.54. The molecule has 2 amide bonds. The fraction of sp³-hybridized carbons (Fsp3) is 0.286. The Labute approximate surface area is 230 Å². The predicted octanol–water partition coefficient (Wildman–Crippen LogP) is 6.69. The lowest BCUT2D eigenvalue weighted by Crippen LogP contribution is -2.53. The number of carbonyl (C=O) groups excluding carboxylic acids is 2. The smallest absolute Gasteiger partial charge is 0.261 e. The molecule has 0 saturated carbocycles. The summed E-state index contributed by atoms with van der Waals surface area (Å²) < 4.78 is 6.64. The molecule has 1 N–H and O–H groups in total. The first-order valence-electron chi connectivity index (χ1n) is 11.7. The third kappa shape index (κ3) is 8.26. The number of ether oxygens (including phenoxy) is 1. The first-order chi connectivity index (χ1) is 17.3. The van der Waals surface area contributed by atoms with Gasteiger partial charge in [-0.05, 0) is 54.8 Å². The van der Waals surface area contributed by atoms with Crippen LogP contribution in [0.25, 0.3) is 0 Å². The van der Waals surface area contributed by atoms with Crippen LogP contribution in [0.4, 0.5) is 0 Å². The van der Waals surface area contributed by atoms with Gasteiger partial charge < -0.3 is 15.0 Å². The van der Waals surface area contributed by atoms with E-state index in [9.17, 15) is 9.59 Å². The summed E-state index contributed by atoms with van der Waals surface area (Å²) in [7, 11) is 0. The van der Waals surface area contributed by atoms with Crippen LogP contribution in [0, 0.1) is 0 Å². The lowest BCUT2D eigenvalue weighted by molar-refractivity contribution is -0.143. The summed E-state index contributed by atoms with van der Waals surface area (Å²) in [5.41, 5.74) is 1.84. The molecule has 3 aromatic rings. The van der Waals surface area contributed by atoms with Crippen LogP contribution in [0.15, 0.2) is 77.3 Å². The van der Waals surface area contributed by atoms with Crippen molar-refractivity contribution in [2.45, 2.75) is 45.3 Å². The van der Waals surface area contributed by atoms with Gasteiger partial charge in [0.2, 0.25) is 5.91 Å². The number of hydrogen-bond acceptors (Lipinski definition) is 3. The number of rotatable bonds is 11. The largest absolute Gasteiger partial charge is 0.482 e. The van der Waals surface area contributed by atoms with E-state index in [0.717, 1.165) is 22.0 Å². The molecule has 0 aliphatic heterocycles. The normalized spacial score (nSPS) is 12.5. The molecule has 0 heterocycles. The summed E-state index contributed by atoms with van der Waals surface area (Å²) in [5.74, 6) is -0.192. The van der Waals surface area contributed by atoms with Gasteiger partial charge in [0.25, 0.3) is 5.91 Å². The maximum Gasteiger partial charge on any atom is 0.261 e. The molecule has 5 nitrogen and oxygen atoms in total. The highest BCUT2D eigenvalue weighted by Crippen LogP contribution is 2.28. The SMILES string of the molecule is CC[C@@H](C)NC(=O)[C@H](Cc1ccccc1)N(Cc1cccc(Br)c1)C(=O)COc1ccc(Cl)cc1Cl. The van der Waals surface area contributed by atoms with E-state index in [1.165, 1.54) is 0 Å². The topological polar surface area (TPSA) is 58.6 Å². The second-order valence-corrected chi connectivity index (χ2v) is 10.3. The van der Waals surface area contributed by atoms with Crippen molar-refractivity contribution in [3.05, 3.63) is 98.4 Å². The van der Waals surface area contributed by atoms with Gasteiger partial charge in [0.15, 0.2) is 6.61 Å². The zero-order valence-corrected chi connectivity index (χ0v) is 23.3. The number of amides is 2. The molecule has 190 valence electrons. The Bertz CT molecular complexity index is 1180. The van der Waals surface area contributed by atoms with Gasteiger partial charge in [-0.2, -0.15) is 0 Å². The van der Waals surface area contributed by atoms with Crippen LogP contribution in [-0.2, 0) is 22.6 Å². The molecule has 0 aromatic heterocycles. The third-order valence-electron chi connectivity index (χ3n) is 5.76. The van der Waals surface area contributed by atoms with Gasteiger partial charge in [-0.25, -0.2) is 0 Å². The van der Waals surface area contributed by atoms with Gasteiger partial charge >= 0.3 is 0 Å². The Morgan fingerprint density at radius 2 is 1.72 bits per heavy atom. The number of halogens is 3. The molecule has 0 spiro atoms. The Balaban J connectivity index is 1.92. The molecule has 0 radical (unpaired) electrons. The second kappa shape index (κ2) is 13.7.